The fourth-order valence-electron chi connectivity index (χ4n) is 3.87. The molecule has 4 heterocycles. The van der Waals surface area contributed by atoms with Crippen LogP contribution in [0, 0.1) is 13.8 Å². The molecule has 0 aliphatic carbocycles. The van der Waals surface area contributed by atoms with E-state index in [1.54, 1.807) is 14.0 Å². The van der Waals surface area contributed by atoms with E-state index in [4.69, 9.17) is 4.42 Å². The molecular formula is C18H32IN5O2. The third-order valence-corrected chi connectivity index (χ3v) is 5.34. The van der Waals surface area contributed by atoms with E-state index < -0.39 is 5.60 Å². The number of fused-ring (bicyclic) bond motifs is 3. The van der Waals surface area contributed by atoms with Crippen molar-refractivity contribution < 1.29 is 9.52 Å². The van der Waals surface area contributed by atoms with Crippen molar-refractivity contribution in [3.8, 4) is 0 Å². The summed E-state index contributed by atoms with van der Waals surface area (Å²) in [5.74, 6) is 2.29. The van der Waals surface area contributed by atoms with Gasteiger partial charge in [0.1, 0.15) is 17.1 Å². The molecule has 1 aromatic heterocycles. The van der Waals surface area contributed by atoms with E-state index in [1.165, 1.54) is 13.1 Å². The molecule has 2 atom stereocenters. The van der Waals surface area contributed by atoms with Gasteiger partial charge in [-0.3, -0.25) is 14.8 Å². The van der Waals surface area contributed by atoms with Crippen molar-refractivity contribution >= 4 is 29.9 Å². The summed E-state index contributed by atoms with van der Waals surface area (Å²) < 4.78 is 5.55. The molecule has 3 saturated heterocycles. The van der Waals surface area contributed by atoms with E-state index in [9.17, 15) is 5.11 Å². The number of nitrogens with zero attached hydrogens (tertiary/aromatic N) is 3. The van der Waals surface area contributed by atoms with E-state index in [0.29, 0.717) is 12.6 Å². The number of hydrogen-bond donors (Lipinski definition) is 3. The Hall–Kier alpha value is -0.840. The molecule has 7 nitrogen and oxygen atoms in total. The van der Waals surface area contributed by atoms with Gasteiger partial charge in [0.25, 0.3) is 0 Å². The lowest BCUT2D eigenvalue weighted by molar-refractivity contribution is 0.0153. The first-order valence-electron chi connectivity index (χ1n) is 9.10. The van der Waals surface area contributed by atoms with Crippen molar-refractivity contribution in [3.63, 3.8) is 0 Å². The number of piperazine rings is 3. The lowest BCUT2D eigenvalue weighted by Crippen LogP contribution is -2.64. The van der Waals surface area contributed by atoms with Crippen LogP contribution in [0.3, 0.4) is 0 Å². The Bertz CT molecular complexity index is 623. The van der Waals surface area contributed by atoms with Crippen LogP contribution in [0.15, 0.2) is 15.5 Å². The minimum Gasteiger partial charge on any atom is -0.466 e. The van der Waals surface area contributed by atoms with Crippen LogP contribution in [-0.2, 0) is 5.60 Å². The second kappa shape index (κ2) is 8.90. The number of nitrogens with one attached hydrogen (secondary N) is 2. The van der Waals surface area contributed by atoms with Crippen molar-refractivity contribution in [1.29, 1.82) is 0 Å². The summed E-state index contributed by atoms with van der Waals surface area (Å²) in [6.45, 7) is 12.6. The van der Waals surface area contributed by atoms with Crippen molar-refractivity contribution in [2.75, 3.05) is 52.9 Å². The van der Waals surface area contributed by atoms with Gasteiger partial charge in [-0.05, 0) is 26.8 Å². The molecule has 3 fully saturated rings. The summed E-state index contributed by atoms with van der Waals surface area (Å²) >= 11 is 0. The SMILES string of the molecule is CN=C(NCC1CN2CCN1CC2)NCC(C)(O)c1cc(C)oc1C.I. The maximum absolute atomic E-state index is 10.8. The first-order chi connectivity index (χ1) is 11.9. The Balaban J connectivity index is 0.00000243. The number of aliphatic hydroxyl groups is 1. The molecule has 4 rings (SSSR count). The Morgan fingerprint density at radius 3 is 2.50 bits per heavy atom. The minimum absolute atomic E-state index is 0. The molecule has 1 aromatic rings. The van der Waals surface area contributed by atoms with Gasteiger partial charge in [0.15, 0.2) is 5.96 Å². The smallest absolute Gasteiger partial charge is 0.191 e. The average molecular weight is 477 g/mol. The summed E-state index contributed by atoms with van der Waals surface area (Å²) in [7, 11) is 1.76. The standard InChI is InChI=1S/C18H31N5O2.HI/c1-13-9-16(14(2)25-13)18(3,24)12-21-17(19-4)20-10-15-11-22-5-7-23(15)8-6-22;/h9,15,24H,5-8,10-12H2,1-4H3,(H2,19,20,21);1H. The highest BCUT2D eigenvalue weighted by molar-refractivity contribution is 14.0. The van der Waals surface area contributed by atoms with E-state index in [0.717, 1.165) is 49.2 Å². The highest BCUT2D eigenvalue weighted by Crippen LogP contribution is 2.26. The number of furan rings is 1. The molecule has 3 N–H and O–H groups in total. The summed E-state index contributed by atoms with van der Waals surface area (Å²) in [6, 6.07) is 2.42. The Labute approximate surface area is 173 Å². The summed E-state index contributed by atoms with van der Waals surface area (Å²) in [5.41, 5.74) is -0.199. The van der Waals surface area contributed by atoms with Crippen LogP contribution < -0.4 is 10.6 Å². The zero-order chi connectivity index (χ0) is 18.0. The van der Waals surface area contributed by atoms with Crippen LogP contribution in [0.25, 0.3) is 0 Å². The van der Waals surface area contributed by atoms with E-state index in [-0.39, 0.29) is 24.0 Å². The fraction of sp³-hybridized carbons (Fsp3) is 0.722. The largest absolute Gasteiger partial charge is 0.466 e. The van der Waals surface area contributed by atoms with E-state index in [2.05, 4.69) is 25.4 Å². The van der Waals surface area contributed by atoms with Crippen LogP contribution >= 0.6 is 24.0 Å². The molecule has 8 heteroatoms. The van der Waals surface area contributed by atoms with E-state index in [1.807, 2.05) is 19.9 Å². The second-order valence-corrected chi connectivity index (χ2v) is 7.40. The van der Waals surface area contributed by atoms with E-state index >= 15 is 0 Å². The number of aliphatic imine (C=N–C) groups is 1. The molecule has 2 unspecified atom stereocenters. The topological polar surface area (TPSA) is 76.3 Å². The van der Waals surface area contributed by atoms with Crippen molar-refractivity contribution in [3.05, 3.63) is 23.2 Å². The summed E-state index contributed by atoms with van der Waals surface area (Å²) in [4.78, 5) is 9.36. The van der Waals surface area contributed by atoms with Crippen molar-refractivity contribution in [1.82, 2.24) is 20.4 Å². The second-order valence-electron chi connectivity index (χ2n) is 7.40. The molecular weight excluding hydrogens is 445 g/mol. The molecule has 0 radical (unpaired) electrons. The molecule has 3 aliphatic rings. The van der Waals surface area contributed by atoms with Crippen molar-refractivity contribution in [2.24, 2.45) is 4.99 Å². The van der Waals surface area contributed by atoms with Crippen LogP contribution in [0.2, 0.25) is 0 Å². The molecule has 2 bridgehead atoms. The number of hydrogen-bond acceptors (Lipinski definition) is 5. The Kier molecular flexibility index (Phi) is 7.35. The Morgan fingerprint density at radius 2 is 2.00 bits per heavy atom. The third kappa shape index (κ3) is 4.90. The summed E-state index contributed by atoms with van der Waals surface area (Å²) in [6.07, 6.45) is 0. The maximum atomic E-state index is 10.8. The first-order valence-corrected chi connectivity index (χ1v) is 9.10. The Morgan fingerprint density at radius 1 is 1.31 bits per heavy atom. The molecule has 0 amide bonds. The van der Waals surface area contributed by atoms with Gasteiger partial charge < -0.3 is 20.2 Å². The third-order valence-electron chi connectivity index (χ3n) is 5.34. The average Bonchev–Trinajstić information content (AvgIpc) is 2.95. The predicted octanol–water partition coefficient (Wildman–Crippen LogP) is 0.887. The zero-order valence-electron chi connectivity index (χ0n) is 16.2. The number of halogens is 1. The number of aryl methyl sites for hydroxylation is 2. The molecule has 26 heavy (non-hydrogen) atoms. The molecule has 0 saturated carbocycles. The van der Waals surface area contributed by atoms with Crippen LogP contribution in [0.1, 0.15) is 24.0 Å². The first kappa shape index (κ1) is 21.5. The van der Waals surface area contributed by atoms with Gasteiger partial charge in [-0.25, -0.2) is 0 Å². The molecule has 0 aromatic carbocycles. The van der Waals surface area contributed by atoms with Gasteiger partial charge in [0.2, 0.25) is 0 Å². The molecule has 3 aliphatic heterocycles. The number of rotatable bonds is 5. The number of guanidine groups is 1. The normalized spacial score (nSPS) is 27.6. The summed E-state index contributed by atoms with van der Waals surface area (Å²) in [5, 5.41) is 17.5. The van der Waals surface area contributed by atoms with Gasteiger partial charge >= 0.3 is 0 Å². The fourth-order valence-corrected chi connectivity index (χ4v) is 3.87. The predicted molar refractivity (Wildman–Crippen MR) is 114 cm³/mol. The highest BCUT2D eigenvalue weighted by atomic mass is 127. The van der Waals surface area contributed by atoms with Crippen LogP contribution in [0.4, 0.5) is 0 Å². The van der Waals surface area contributed by atoms with Gasteiger partial charge in [0.05, 0.1) is 6.54 Å². The molecule has 148 valence electrons. The molecule has 0 spiro atoms. The monoisotopic (exact) mass is 477 g/mol. The van der Waals surface area contributed by atoms with Crippen molar-refractivity contribution in [2.45, 2.75) is 32.4 Å². The van der Waals surface area contributed by atoms with Gasteiger partial charge in [-0.2, -0.15) is 0 Å². The maximum Gasteiger partial charge on any atom is 0.191 e. The quantitative estimate of drug-likeness (QED) is 0.332. The van der Waals surface area contributed by atoms with Gasteiger partial charge in [-0.1, -0.05) is 0 Å². The van der Waals surface area contributed by atoms with Gasteiger partial charge in [-0.15, -0.1) is 24.0 Å². The van der Waals surface area contributed by atoms with Crippen LogP contribution in [0.5, 0.6) is 0 Å². The highest BCUT2D eigenvalue weighted by Gasteiger charge is 2.32. The zero-order valence-corrected chi connectivity index (χ0v) is 18.5. The lowest BCUT2D eigenvalue weighted by Gasteiger charge is -2.47. The van der Waals surface area contributed by atoms with Crippen LogP contribution in [-0.4, -0.2) is 79.8 Å². The van der Waals surface area contributed by atoms with Gasteiger partial charge in [0, 0.05) is 57.9 Å². The lowest BCUT2D eigenvalue weighted by atomic mass is 9.96. The minimum atomic E-state index is -1.02.